The second-order valence-corrected chi connectivity index (χ2v) is 8.69. The van der Waals surface area contributed by atoms with E-state index in [-0.39, 0.29) is 0 Å². The Morgan fingerprint density at radius 2 is 1.69 bits per heavy atom. The van der Waals surface area contributed by atoms with E-state index in [0.29, 0.717) is 18.8 Å². The summed E-state index contributed by atoms with van der Waals surface area (Å²) in [6, 6.07) is 5.60. The highest BCUT2D eigenvalue weighted by molar-refractivity contribution is 7.19. The van der Waals surface area contributed by atoms with Crippen molar-refractivity contribution in [3.63, 3.8) is 0 Å². The highest BCUT2D eigenvalue weighted by atomic mass is 32.1. The molecule has 5 rings (SSSR count). The van der Waals surface area contributed by atoms with Crippen molar-refractivity contribution < 1.29 is 13.2 Å². The molecule has 4 nitrogen and oxygen atoms in total. The van der Waals surface area contributed by atoms with Gasteiger partial charge in [0.25, 0.3) is 0 Å². The number of piperazine rings is 1. The summed E-state index contributed by atoms with van der Waals surface area (Å²) in [6.07, 6.45) is 1.97. The third-order valence-corrected chi connectivity index (χ3v) is 7.05. The van der Waals surface area contributed by atoms with Crippen LogP contribution in [0.15, 0.2) is 30.6 Å². The van der Waals surface area contributed by atoms with Crippen LogP contribution < -0.4 is 9.80 Å². The van der Waals surface area contributed by atoms with E-state index >= 15 is 0 Å². The molecular formula is C21H21F3N4S. The Balaban J connectivity index is 1.38. The van der Waals surface area contributed by atoms with Crippen LogP contribution >= 0.6 is 11.3 Å². The Bertz CT molecular complexity index is 1040. The van der Waals surface area contributed by atoms with Crippen molar-refractivity contribution in [1.29, 1.82) is 0 Å². The van der Waals surface area contributed by atoms with E-state index in [4.69, 9.17) is 0 Å². The SMILES string of the molecule is FC(F)(F)c1cccc(N2CCN(c3ncnc4sc5c(c34)CCCC5)CC2)c1. The Kier molecular flexibility index (Phi) is 4.61. The van der Waals surface area contributed by atoms with Crippen molar-refractivity contribution in [1.82, 2.24) is 9.97 Å². The molecular weight excluding hydrogens is 397 g/mol. The zero-order valence-electron chi connectivity index (χ0n) is 15.9. The maximum Gasteiger partial charge on any atom is 0.416 e. The molecule has 0 atom stereocenters. The van der Waals surface area contributed by atoms with E-state index in [1.54, 1.807) is 23.7 Å². The molecule has 3 aromatic rings. The standard InChI is InChI=1S/C21H21F3N4S/c22-21(23,24)14-4-3-5-15(12-14)27-8-10-28(11-9-27)19-18-16-6-1-2-7-17(16)29-20(18)26-13-25-19/h3-5,12-13H,1-2,6-11H2. The van der Waals surface area contributed by atoms with Crippen LogP contribution in [-0.2, 0) is 19.0 Å². The molecule has 1 fully saturated rings. The van der Waals surface area contributed by atoms with Crippen LogP contribution in [0.2, 0.25) is 0 Å². The molecule has 1 saturated heterocycles. The molecule has 1 aliphatic carbocycles. The van der Waals surface area contributed by atoms with Crippen molar-refractivity contribution in [2.24, 2.45) is 0 Å². The molecule has 0 bridgehead atoms. The fourth-order valence-electron chi connectivity index (χ4n) is 4.37. The highest BCUT2D eigenvalue weighted by Crippen LogP contribution is 2.39. The van der Waals surface area contributed by atoms with Gasteiger partial charge >= 0.3 is 6.18 Å². The van der Waals surface area contributed by atoms with Crippen molar-refractivity contribution in [3.05, 3.63) is 46.6 Å². The van der Waals surface area contributed by atoms with E-state index in [2.05, 4.69) is 14.9 Å². The molecule has 0 unspecified atom stereocenters. The second-order valence-electron chi connectivity index (χ2n) is 7.61. The Hall–Kier alpha value is -2.35. The summed E-state index contributed by atoms with van der Waals surface area (Å²) in [4.78, 5) is 15.9. The van der Waals surface area contributed by atoms with Crippen LogP contribution in [0.3, 0.4) is 0 Å². The van der Waals surface area contributed by atoms with Crippen LogP contribution in [0.5, 0.6) is 0 Å². The Labute approximate surface area is 171 Å². The van der Waals surface area contributed by atoms with Crippen LogP contribution in [-0.4, -0.2) is 36.1 Å². The first kappa shape index (κ1) is 18.7. The van der Waals surface area contributed by atoms with Gasteiger partial charge in [-0.15, -0.1) is 11.3 Å². The lowest BCUT2D eigenvalue weighted by Crippen LogP contribution is -2.47. The van der Waals surface area contributed by atoms with E-state index in [1.165, 1.54) is 40.8 Å². The first-order chi connectivity index (χ1) is 14.0. The van der Waals surface area contributed by atoms with Gasteiger partial charge in [-0.3, -0.25) is 0 Å². The first-order valence-corrected chi connectivity index (χ1v) is 10.7. The number of aryl methyl sites for hydroxylation is 2. The van der Waals surface area contributed by atoms with Crippen LogP contribution in [0.4, 0.5) is 24.7 Å². The van der Waals surface area contributed by atoms with Gasteiger partial charge in [0.2, 0.25) is 0 Å². The van der Waals surface area contributed by atoms with Crippen LogP contribution in [0, 0.1) is 0 Å². The number of halogens is 3. The monoisotopic (exact) mass is 418 g/mol. The maximum absolute atomic E-state index is 13.0. The number of thiophene rings is 1. The van der Waals surface area contributed by atoms with Gasteiger partial charge in [-0.2, -0.15) is 13.2 Å². The number of aromatic nitrogens is 2. The number of anilines is 2. The molecule has 2 aromatic heterocycles. The molecule has 0 saturated carbocycles. The van der Waals surface area contributed by atoms with Gasteiger partial charge in [0, 0.05) is 36.7 Å². The largest absolute Gasteiger partial charge is 0.416 e. The maximum atomic E-state index is 13.0. The third kappa shape index (κ3) is 3.43. The summed E-state index contributed by atoms with van der Waals surface area (Å²) in [5.41, 5.74) is 1.44. The number of benzene rings is 1. The summed E-state index contributed by atoms with van der Waals surface area (Å²) >= 11 is 1.78. The van der Waals surface area contributed by atoms with Crippen molar-refractivity contribution >= 4 is 33.1 Å². The lowest BCUT2D eigenvalue weighted by Gasteiger charge is -2.37. The number of rotatable bonds is 2. The molecule has 1 aromatic carbocycles. The number of alkyl halides is 3. The number of hydrogen-bond donors (Lipinski definition) is 0. The van der Waals surface area contributed by atoms with Gasteiger partial charge < -0.3 is 9.80 Å². The number of hydrogen-bond acceptors (Lipinski definition) is 5. The fourth-order valence-corrected chi connectivity index (χ4v) is 5.59. The van der Waals surface area contributed by atoms with E-state index in [1.807, 2.05) is 4.90 Å². The van der Waals surface area contributed by atoms with E-state index < -0.39 is 11.7 Å². The van der Waals surface area contributed by atoms with E-state index in [0.717, 1.165) is 42.6 Å². The average Bonchev–Trinajstić information content (AvgIpc) is 3.12. The summed E-state index contributed by atoms with van der Waals surface area (Å²) in [6.45, 7) is 2.79. The van der Waals surface area contributed by atoms with Gasteiger partial charge in [0.05, 0.1) is 10.9 Å². The topological polar surface area (TPSA) is 32.3 Å². The minimum Gasteiger partial charge on any atom is -0.368 e. The minimum atomic E-state index is -4.32. The molecule has 0 N–H and O–H groups in total. The summed E-state index contributed by atoms with van der Waals surface area (Å²) < 4.78 is 39.1. The molecule has 2 aliphatic rings. The van der Waals surface area contributed by atoms with Crippen LogP contribution in [0.1, 0.15) is 28.8 Å². The normalized spacial score (nSPS) is 17.6. The van der Waals surface area contributed by atoms with Crippen molar-refractivity contribution in [2.75, 3.05) is 36.0 Å². The zero-order valence-corrected chi connectivity index (χ0v) is 16.7. The molecule has 0 radical (unpaired) electrons. The molecule has 0 spiro atoms. The smallest absolute Gasteiger partial charge is 0.368 e. The molecule has 8 heteroatoms. The summed E-state index contributed by atoms with van der Waals surface area (Å²) in [7, 11) is 0. The lowest BCUT2D eigenvalue weighted by molar-refractivity contribution is -0.137. The number of nitrogens with zero attached hydrogens (tertiary/aromatic N) is 4. The Morgan fingerprint density at radius 3 is 2.48 bits per heavy atom. The fraction of sp³-hybridized carbons (Fsp3) is 0.429. The predicted octanol–water partition coefficient (Wildman–Crippen LogP) is 4.92. The first-order valence-electron chi connectivity index (χ1n) is 9.93. The Morgan fingerprint density at radius 1 is 0.931 bits per heavy atom. The van der Waals surface area contributed by atoms with Gasteiger partial charge in [0.15, 0.2) is 0 Å². The van der Waals surface area contributed by atoms with E-state index in [9.17, 15) is 13.2 Å². The quantitative estimate of drug-likeness (QED) is 0.592. The van der Waals surface area contributed by atoms with Gasteiger partial charge in [-0.1, -0.05) is 6.07 Å². The van der Waals surface area contributed by atoms with Gasteiger partial charge in [-0.05, 0) is 49.4 Å². The lowest BCUT2D eigenvalue weighted by atomic mass is 9.97. The number of fused-ring (bicyclic) bond motifs is 3. The van der Waals surface area contributed by atoms with Crippen LogP contribution in [0.25, 0.3) is 10.2 Å². The predicted molar refractivity (Wildman–Crippen MR) is 110 cm³/mol. The summed E-state index contributed by atoms with van der Waals surface area (Å²) in [5, 5.41) is 1.19. The van der Waals surface area contributed by atoms with Crippen molar-refractivity contribution in [3.8, 4) is 0 Å². The third-order valence-electron chi connectivity index (χ3n) is 5.85. The second kappa shape index (κ2) is 7.16. The molecule has 29 heavy (non-hydrogen) atoms. The molecule has 0 amide bonds. The average molecular weight is 418 g/mol. The van der Waals surface area contributed by atoms with Gasteiger partial charge in [-0.25, -0.2) is 9.97 Å². The summed E-state index contributed by atoms with van der Waals surface area (Å²) in [5.74, 6) is 0.984. The molecule has 1 aliphatic heterocycles. The highest BCUT2D eigenvalue weighted by Gasteiger charge is 2.31. The minimum absolute atomic E-state index is 0.597. The van der Waals surface area contributed by atoms with Crippen molar-refractivity contribution in [2.45, 2.75) is 31.9 Å². The molecule has 3 heterocycles. The van der Waals surface area contributed by atoms with Gasteiger partial charge in [0.1, 0.15) is 17.0 Å². The molecule has 152 valence electrons. The zero-order chi connectivity index (χ0) is 20.0.